The van der Waals surface area contributed by atoms with Crippen molar-refractivity contribution >= 4 is 23.2 Å². The zero-order valence-corrected chi connectivity index (χ0v) is 21.2. The smallest absolute Gasteiger partial charge is 0.251 e. The molecule has 194 valence electrons. The highest BCUT2D eigenvalue weighted by Crippen LogP contribution is 2.17. The maximum atomic E-state index is 12.6. The average Bonchev–Trinajstić information content (AvgIpc) is 2.96. The molecule has 0 aliphatic carbocycles. The van der Waals surface area contributed by atoms with Gasteiger partial charge in [0.05, 0.1) is 12.6 Å². The van der Waals surface area contributed by atoms with Gasteiger partial charge in [-0.05, 0) is 73.2 Å². The number of hydrogen-bond acceptors (Lipinski definition) is 5. The van der Waals surface area contributed by atoms with Crippen molar-refractivity contribution in [3.8, 4) is 11.5 Å². The highest BCUT2D eigenvalue weighted by molar-refractivity contribution is 5.96. The molecule has 1 unspecified atom stereocenters. The fraction of sp³-hybridized carbons (Fsp3) is 0.161. The molecule has 4 aromatic carbocycles. The van der Waals surface area contributed by atoms with Crippen LogP contribution in [-0.2, 0) is 4.79 Å². The second kappa shape index (κ2) is 13.5. The highest BCUT2D eigenvalue weighted by Gasteiger charge is 2.11. The van der Waals surface area contributed by atoms with Crippen LogP contribution >= 0.6 is 0 Å². The molecule has 7 nitrogen and oxygen atoms in total. The first kappa shape index (κ1) is 26.3. The first-order valence-electron chi connectivity index (χ1n) is 12.5. The van der Waals surface area contributed by atoms with Gasteiger partial charge >= 0.3 is 0 Å². The molecule has 0 spiro atoms. The summed E-state index contributed by atoms with van der Waals surface area (Å²) in [5.74, 6) is 1.16. The molecule has 7 heteroatoms. The Balaban J connectivity index is 1.16. The van der Waals surface area contributed by atoms with Gasteiger partial charge < -0.3 is 25.4 Å². The monoisotopic (exact) mass is 509 g/mol. The molecule has 4 rings (SSSR count). The van der Waals surface area contributed by atoms with Gasteiger partial charge in [-0.1, -0.05) is 48.5 Å². The molecule has 0 aliphatic heterocycles. The van der Waals surface area contributed by atoms with E-state index in [4.69, 9.17) is 9.47 Å². The molecule has 0 aliphatic rings. The first-order valence-corrected chi connectivity index (χ1v) is 12.5. The number of ether oxygens (including phenoxy) is 2. The van der Waals surface area contributed by atoms with Crippen LogP contribution in [0.5, 0.6) is 11.5 Å². The van der Waals surface area contributed by atoms with Gasteiger partial charge in [0.15, 0.2) is 0 Å². The lowest BCUT2D eigenvalue weighted by Gasteiger charge is -2.14. The molecule has 2 amide bonds. The van der Waals surface area contributed by atoms with Crippen LogP contribution in [0.1, 0.15) is 28.9 Å². The van der Waals surface area contributed by atoms with Crippen molar-refractivity contribution in [1.82, 2.24) is 5.32 Å². The Labute approximate surface area is 222 Å². The summed E-state index contributed by atoms with van der Waals surface area (Å²) in [6.07, 6.45) is 0. The number of rotatable bonds is 12. The molecule has 1 atom stereocenters. The average molecular weight is 510 g/mol. The van der Waals surface area contributed by atoms with E-state index in [9.17, 15) is 9.59 Å². The van der Waals surface area contributed by atoms with Gasteiger partial charge in [0, 0.05) is 16.9 Å². The third kappa shape index (κ3) is 8.13. The highest BCUT2D eigenvalue weighted by atomic mass is 16.5. The molecule has 0 saturated carbocycles. The summed E-state index contributed by atoms with van der Waals surface area (Å²) < 4.78 is 11.3. The molecule has 0 radical (unpaired) electrons. The minimum atomic E-state index is -0.196. The van der Waals surface area contributed by atoms with Gasteiger partial charge in [-0.2, -0.15) is 0 Å². The van der Waals surface area contributed by atoms with Crippen molar-refractivity contribution in [2.75, 3.05) is 30.4 Å². The van der Waals surface area contributed by atoms with Crippen molar-refractivity contribution < 1.29 is 19.1 Å². The number of anilines is 2. The first-order chi connectivity index (χ1) is 18.6. The zero-order valence-electron chi connectivity index (χ0n) is 21.2. The van der Waals surface area contributed by atoms with Gasteiger partial charge in [-0.25, -0.2) is 0 Å². The summed E-state index contributed by atoms with van der Waals surface area (Å²) in [6.45, 7) is 2.92. The number of benzene rings is 4. The number of amides is 2. The number of carbonyl (C=O) groups excluding carboxylic acids is 2. The molecule has 38 heavy (non-hydrogen) atoms. The SMILES string of the molecule is CC(NC(=O)c1ccc(NC(=O)CNc2ccc(OCCOc3ccccc3)cc2)cc1)c1ccccc1. The van der Waals surface area contributed by atoms with Gasteiger partial charge in [0.2, 0.25) is 5.91 Å². The van der Waals surface area contributed by atoms with Gasteiger partial charge in [0.25, 0.3) is 5.91 Å². The Morgan fingerprint density at radius 1 is 0.684 bits per heavy atom. The standard InChI is InChI=1S/C31H31N3O4/c1-23(24-8-4-2-5-9-24)33-31(36)25-12-14-27(15-13-25)34-30(35)22-32-26-16-18-29(19-17-26)38-21-20-37-28-10-6-3-7-11-28/h2-19,23,32H,20-22H2,1H3,(H,33,36)(H,34,35). The van der Waals surface area contributed by atoms with Crippen LogP contribution in [0.4, 0.5) is 11.4 Å². The topological polar surface area (TPSA) is 88.7 Å². The van der Waals surface area contributed by atoms with E-state index in [1.807, 2.05) is 91.9 Å². The van der Waals surface area contributed by atoms with Gasteiger partial charge in [-0.3, -0.25) is 9.59 Å². The van der Waals surface area contributed by atoms with E-state index in [0.717, 1.165) is 22.7 Å². The van der Waals surface area contributed by atoms with Crippen LogP contribution in [-0.4, -0.2) is 31.6 Å². The summed E-state index contributed by atoms with van der Waals surface area (Å²) >= 11 is 0. The van der Waals surface area contributed by atoms with Crippen LogP contribution in [0.25, 0.3) is 0 Å². The van der Waals surface area contributed by atoms with Crippen molar-refractivity contribution in [3.63, 3.8) is 0 Å². The summed E-state index contributed by atoms with van der Waals surface area (Å²) in [6, 6.07) is 33.5. The number of para-hydroxylation sites is 1. The zero-order chi connectivity index (χ0) is 26.6. The molecule has 0 saturated heterocycles. The van der Waals surface area contributed by atoms with E-state index in [1.165, 1.54) is 0 Å². The molecule has 0 fully saturated rings. The van der Waals surface area contributed by atoms with Crippen molar-refractivity contribution in [2.45, 2.75) is 13.0 Å². The Bertz CT molecular complexity index is 1290. The lowest BCUT2D eigenvalue weighted by Crippen LogP contribution is -2.26. The number of hydrogen-bond donors (Lipinski definition) is 3. The van der Waals surface area contributed by atoms with Gasteiger partial charge in [-0.15, -0.1) is 0 Å². The normalized spacial score (nSPS) is 11.2. The van der Waals surface area contributed by atoms with Crippen LogP contribution in [0, 0.1) is 0 Å². The quantitative estimate of drug-likeness (QED) is 0.214. The van der Waals surface area contributed by atoms with E-state index >= 15 is 0 Å². The van der Waals surface area contributed by atoms with Crippen LogP contribution in [0.2, 0.25) is 0 Å². The fourth-order valence-corrected chi connectivity index (χ4v) is 3.70. The predicted octanol–water partition coefficient (Wildman–Crippen LogP) is 5.69. The summed E-state index contributed by atoms with van der Waals surface area (Å²) in [7, 11) is 0. The van der Waals surface area contributed by atoms with Crippen molar-refractivity contribution in [3.05, 3.63) is 120 Å². The Hall–Kier alpha value is -4.78. The summed E-state index contributed by atoms with van der Waals surface area (Å²) in [5, 5.41) is 8.91. The van der Waals surface area contributed by atoms with Crippen LogP contribution in [0.3, 0.4) is 0 Å². The molecule has 0 heterocycles. The minimum Gasteiger partial charge on any atom is -0.490 e. The Morgan fingerprint density at radius 2 is 1.24 bits per heavy atom. The molecule has 0 bridgehead atoms. The van der Waals surface area contributed by atoms with Crippen LogP contribution in [0.15, 0.2) is 109 Å². The van der Waals surface area contributed by atoms with E-state index in [2.05, 4.69) is 16.0 Å². The maximum absolute atomic E-state index is 12.6. The predicted molar refractivity (Wildman–Crippen MR) is 150 cm³/mol. The minimum absolute atomic E-state index is 0.0992. The van der Waals surface area contributed by atoms with E-state index in [-0.39, 0.29) is 24.4 Å². The van der Waals surface area contributed by atoms with Crippen molar-refractivity contribution in [1.29, 1.82) is 0 Å². The van der Waals surface area contributed by atoms with Crippen molar-refractivity contribution in [2.24, 2.45) is 0 Å². The Kier molecular flexibility index (Phi) is 9.34. The lowest BCUT2D eigenvalue weighted by molar-refractivity contribution is -0.114. The molecular formula is C31H31N3O4. The largest absolute Gasteiger partial charge is 0.490 e. The van der Waals surface area contributed by atoms with Gasteiger partial charge in [0.1, 0.15) is 24.7 Å². The number of carbonyl (C=O) groups is 2. The summed E-state index contributed by atoms with van der Waals surface area (Å²) in [4.78, 5) is 24.9. The second-order valence-corrected chi connectivity index (χ2v) is 8.62. The molecular weight excluding hydrogens is 478 g/mol. The van der Waals surface area contributed by atoms with E-state index < -0.39 is 0 Å². The second-order valence-electron chi connectivity index (χ2n) is 8.62. The summed E-state index contributed by atoms with van der Waals surface area (Å²) in [5.41, 5.74) is 2.98. The van der Waals surface area contributed by atoms with Crippen LogP contribution < -0.4 is 25.4 Å². The molecule has 3 N–H and O–H groups in total. The third-order valence-electron chi connectivity index (χ3n) is 5.75. The molecule has 4 aromatic rings. The van der Waals surface area contributed by atoms with E-state index in [1.54, 1.807) is 24.3 Å². The third-order valence-corrected chi connectivity index (χ3v) is 5.75. The Morgan fingerprint density at radius 3 is 1.87 bits per heavy atom. The maximum Gasteiger partial charge on any atom is 0.251 e. The lowest BCUT2D eigenvalue weighted by atomic mass is 10.1. The van der Waals surface area contributed by atoms with E-state index in [0.29, 0.717) is 24.5 Å². The number of nitrogens with one attached hydrogen (secondary N) is 3. The molecule has 0 aromatic heterocycles. The fourth-order valence-electron chi connectivity index (χ4n) is 3.70.